The van der Waals surface area contributed by atoms with Gasteiger partial charge in [0.15, 0.2) is 0 Å². The minimum Gasteiger partial charge on any atom is -0.574 e. The number of hydrogen-bond acceptors (Lipinski definition) is 6. The number of piperidine rings is 1. The number of urea groups is 1. The second-order valence-corrected chi connectivity index (χ2v) is 6.68. The SMILES string of the molecule is CC(C)C(=O)N([NH-])C(=O)[C@@H]1CC[C@@H]2CN1C(=O)N2OS(=O)(=O)O.[Na+]. The molecular formula is C11H17N4NaO7S. The first-order chi connectivity index (χ1) is 10.5. The number of amides is 4. The second kappa shape index (κ2) is 7.64. The van der Waals surface area contributed by atoms with Crippen LogP contribution in [-0.4, -0.2) is 64.4 Å². The number of rotatable bonds is 4. The molecule has 2 aliphatic rings. The first-order valence-corrected chi connectivity index (χ1v) is 8.25. The van der Waals surface area contributed by atoms with Crippen molar-refractivity contribution < 1.29 is 61.2 Å². The minimum absolute atomic E-state index is 0. The maximum absolute atomic E-state index is 12.3. The van der Waals surface area contributed by atoms with E-state index in [1.165, 1.54) is 13.8 Å². The van der Waals surface area contributed by atoms with Gasteiger partial charge in [0.1, 0.15) is 6.04 Å². The zero-order chi connectivity index (χ0) is 17.5. The van der Waals surface area contributed by atoms with Gasteiger partial charge < -0.3 is 15.8 Å². The smallest absolute Gasteiger partial charge is 0.574 e. The van der Waals surface area contributed by atoms with Gasteiger partial charge in [0.25, 0.3) is 0 Å². The summed E-state index contributed by atoms with van der Waals surface area (Å²) in [5, 5.41) is 0.733. The number of carbonyl (C=O) groups excluding carboxylic acids is 3. The molecular weight excluding hydrogens is 355 g/mol. The minimum atomic E-state index is -4.87. The van der Waals surface area contributed by atoms with E-state index >= 15 is 0 Å². The fourth-order valence-corrected chi connectivity index (χ4v) is 2.99. The number of hydrogen-bond donors (Lipinski definition) is 1. The van der Waals surface area contributed by atoms with Crippen LogP contribution in [0.2, 0.25) is 0 Å². The van der Waals surface area contributed by atoms with Gasteiger partial charge in [0.2, 0.25) is 11.8 Å². The molecule has 0 spiro atoms. The molecule has 2 rings (SSSR count). The second-order valence-electron chi connectivity index (χ2n) is 5.68. The quantitative estimate of drug-likeness (QED) is 0.313. The molecule has 0 aromatic heterocycles. The summed E-state index contributed by atoms with van der Waals surface area (Å²) in [6.45, 7) is 3.09. The van der Waals surface area contributed by atoms with E-state index in [0.29, 0.717) is 5.06 Å². The maximum Gasteiger partial charge on any atom is 1.00 e. The third-order valence-electron chi connectivity index (χ3n) is 3.72. The van der Waals surface area contributed by atoms with Crippen LogP contribution in [0.3, 0.4) is 0 Å². The van der Waals surface area contributed by atoms with Gasteiger partial charge in [-0.2, -0.15) is 13.5 Å². The van der Waals surface area contributed by atoms with Crippen molar-refractivity contribution in [2.45, 2.75) is 38.8 Å². The predicted octanol–water partition coefficient (Wildman–Crippen LogP) is -3.03. The number of nitrogens with zero attached hydrogens (tertiary/aromatic N) is 3. The van der Waals surface area contributed by atoms with E-state index in [9.17, 15) is 22.8 Å². The molecule has 2 fully saturated rings. The van der Waals surface area contributed by atoms with Crippen molar-refractivity contribution in [3.63, 3.8) is 0 Å². The van der Waals surface area contributed by atoms with Crippen LogP contribution in [0.25, 0.3) is 5.84 Å². The predicted molar refractivity (Wildman–Crippen MR) is 74.4 cm³/mol. The van der Waals surface area contributed by atoms with E-state index < -0.39 is 46.2 Å². The summed E-state index contributed by atoms with van der Waals surface area (Å²) in [4.78, 5) is 37.2. The van der Waals surface area contributed by atoms with E-state index in [-0.39, 0.29) is 54.0 Å². The van der Waals surface area contributed by atoms with Crippen LogP contribution in [-0.2, 0) is 24.3 Å². The van der Waals surface area contributed by atoms with E-state index in [0.717, 1.165) is 4.90 Å². The Bertz CT molecular complexity index is 640. The summed E-state index contributed by atoms with van der Waals surface area (Å²) in [7, 11) is -4.87. The van der Waals surface area contributed by atoms with Crippen molar-refractivity contribution in [3.05, 3.63) is 5.84 Å². The van der Waals surface area contributed by atoms with Crippen molar-refractivity contribution in [1.29, 1.82) is 0 Å². The molecule has 0 unspecified atom stereocenters. The first-order valence-electron chi connectivity index (χ1n) is 6.88. The van der Waals surface area contributed by atoms with Gasteiger partial charge in [0, 0.05) is 12.5 Å². The normalized spacial score (nSPS) is 23.3. The Morgan fingerprint density at radius 3 is 2.46 bits per heavy atom. The van der Waals surface area contributed by atoms with E-state index in [2.05, 4.69) is 4.28 Å². The van der Waals surface area contributed by atoms with Crippen LogP contribution in [0.4, 0.5) is 4.79 Å². The van der Waals surface area contributed by atoms with Crippen LogP contribution in [0.1, 0.15) is 26.7 Å². The number of nitrogens with one attached hydrogen (secondary N) is 1. The molecule has 0 aromatic rings. The monoisotopic (exact) mass is 372 g/mol. The van der Waals surface area contributed by atoms with E-state index in [1.54, 1.807) is 0 Å². The van der Waals surface area contributed by atoms with Gasteiger partial charge in [-0.15, -0.1) is 4.28 Å². The summed E-state index contributed by atoms with van der Waals surface area (Å²) >= 11 is 0. The van der Waals surface area contributed by atoms with E-state index in [4.69, 9.17) is 10.4 Å². The Kier molecular flexibility index (Phi) is 6.77. The molecule has 2 bridgehead atoms. The van der Waals surface area contributed by atoms with Crippen molar-refractivity contribution in [3.8, 4) is 0 Å². The van der Waals surface area contributed by atoms with Crippen molar-refractivity contribution in [2.24, 2.45) is 5.92 Å². The molecule has 2 N–H and O–H groups in total. The topological polar surface area (TPSA) is 148 Å². The van der Waals surface area contributed by atoms with Crippen LogP contribution < -0.4 is 29.6 Å². The summed E-state index contributed by atoms with van der Waals surface area (Å²) < 4.78 is 34.5. The summed E-state index contributed by atoms with van der Waals surface area (Å²) in [6.07, 6.45) is 0.388. The Morgan fingerprint density at radius 1 is 1.38 bits per heavy atom. The standard InChI is InChI=1S/C11H17N4O7S.Na/c1-6(2)9(16)14(12)10(17)8-4-3-7-5-13(8)11(18)15(7)22-23(19,20)21;/h6-8,12H,3-5H2,1-2H3,(H,19,20,21);/q-1;+1/t7-,8+;/m1./s1. The Morgan fingerprint density at radius 2 is 1.96 bits per heavy atom. The van der Waals surface area contributed by atoms with Crippen molar-refractivity contribution in [1.82, 2.24) is 15.0 Å². The molecule has 2 saturated heterocycles. The molecule has 0 aromatic carbocycles. The molecule has 0 radical (unpaired) electrons. The summed E-state index contributed by atoms with van der Waals surface area (Å²) in [6, 6.07) is -2.59. The number of fused-ring (bicyclic) bond motifs is 2. The fraction of sp³-hybridized carbons (Fsp3) is 0.727. The van der Waals surface area contributed by atoms with Crippen LogP contribution in [0.5, 0.6) is 0 Å². The largest absolute Gasteiger partial charge is 1.00 e. The molecule has 2 atom stereocenters. The molecule has 0 saturated carbocycles. The molecule has 130 valence electrons. The van der Waals surface area contributed by atoms with Crippen LogP contribution >= 0.6 is 0 Å². The zero-order valence-corrected chi connectivity index (χ0v) is 16.3. The number of carbonyl (C=O) groups is 3. The van der Waals surface area contributed by atoms with Gasteiger partial charge in [-0.3, -0.25) is 14.1 Å². The first kappa shape index (κ1) is 21.3. The molecule has 11 nitrogen and oxygen atoms in total. The van der Waals surface area contributed by atoms with Crippen molar-refractivity contribution in [2.75, 3.05) is 6.54 Å². The average Bonchev–Trinajstić information content (AvgIpc) is 2.69. The average molecular weight is 372 g/mol. The third-order valence-corrected chi connectivity index (χ3v) is 4.07. The Labute approximate surface area is 161 Å². The number of hydroxylamine groups is 2. The van der Waals surface area contributed by atoms with Gasteiger partial charge in [-0.05, 0) is 12.8 Å². The third kappa shape index (κ3) is 4.25. The fourth-order valence-electron chi connectivity index (χ4n) is 2.60. The Hall–Kier alpha value is -0.760. The van der Waals surface area contributed by atoms with Gasteiger partial charge in [0.05, 0.1) is 6.04 Å². The summed E-state index contributed by atoms with van der Waals surface area (Å²) in [5.41, 5.74) is 0. The molecule has 24 heavy (non-hydrogen) atoms. The molecule has 4 amide bonds. The maximum atomic E-state index is 12.3. The molecule has 2 aliphatic heterocycles. The summed E-state index contributed by atoms with van der Waals surface area (Å²) in [5.74, 6) is 5.49. The van der Waals surface area contributed by atoms with Gasteiger partial charge >= 0.3 is 46.0 Å². The molecule has 0 aliphatic carbocycles. The Balaban J connectivity index is 0.00000288. The zero-order valence-electron chi connectivity index (χ0n) is 13.5. The number of imide groups is 1. The van der Waals surface area contributed by atoms with Crippen LogP contribution in [0.15, 0.2) is 0 Å². The van der Waals surface area contributed by atoms with Gasteiger partial charge in [-0.25, -0.2) is 4.79 Å². The van der Waals surface area contributed by atoms with Gasteiger partial charge in [-0.1, -0.05) is 13.8 Å². The molecule has 13 heteroatoms. The molecule has 2 heterocycles. The van der Waals surface area contributed by atoms with Crippen molar-refractivity contribution >= 4 is 28.2 Å². The van der Waals surface area contributed by atoms with Crippen LogP contribution in [0, 0.1) is 5.92 Å². The van der Waals surface area contributed by atoms with E-state index in [1.807, 2.05) is 0 Å².